The molecule has 0 saturated carbocycles. The Hall–Kier alpha value is -1.23. The highest BCUT2D eigenvalue weighted by Crippen LogP contribution is 2.61. The second kappa shape index (κ2) is 6.58. The van der Waals surface area contributed by atoms with Gasteiger partial charge >= 0.3 is 0 Å². The number of likely N-dealkylation sites (N-methyl/N-ethyl adjacent to an activating group) is 1. The van der Waals surface area contributed by atoms with Crippen molar-refractivity contribution in [2.75, 3.05) is 25.1 Å². The summed E-state index contributed by atoms with van der Waals surface area (Å²) in [5.41, 5.74) is 2.12. The molecule has 4 rings (SSSR count). The molecule has 0 bridgehead atoms. The smallest absolute Gasteiger partial charge is 0.167 e. The van der Waals surface area contributed by atoms with Crippen LogP contribution in [0.5, 0.6) is 0 Å². The molecule has 124 valence electrons. The Bertz CT molecular complexity index is 713. The van der Waals surface area contributed by atoms with E-state index in [1.807, 2.05) is 53.9 Å². The van der Waals surface area contributed by atoms with Crippen LogP contribution in [0.4, 0.5) is 0 Å². The Morgan fingerprint density at radius 2 is 1.58 bits per heavy atom. The molecular formula is C20H21NOS2. The fourth-order valence-electron chi connectivity index (χ4n) is 3.99. The molecule has 2 aromatic carbocycles. The SMILES string of the molecule is CN1C[C@@H](C(=O)c2ccccc2)[C@H](c2ccccc2)C12SCCS2. The zero-order chi connectivity index (χ0) is 16.6. The van der Waals surface area contributed by atoms with Crippen molar-refractivity contribution >= 4 is 29.3 Å². The van der Waals surface area contributed by atoms with E-state index >= 15 is 0 Å². The number of ketones is 1. The average molecular weight is 356 g/mol. The van der Waals surface area contributed by atoms with Crippen LogP contribution in [0.2, 0.25) is 0 Å². The maximum atomic E-state index is 13.3. The van der Waals surface area contributed by atoms with E-state index in [0.717, 1.165) is 23.6 Å². The van der Waals surface area contributed by atoms with Crippen molar-refractivity contribution in [3.8, 4) is 0 Å². The van der Waals surface area contributed by atoms with Gasteiger partial charge < -0.3 is 0 Å². The molecule has 0 aromatic heterocycles. The Morgan fingerprint density at radius 1 is 1.00 bits per heavy atom. The summed E-state index contributed by atoms with van der Waals surface area (Å²) in [6.45, 7) is 0.827. The molecule has 2 nitrogen and oxygen atoms in total. The van der Waals surface area contributed by atoms with Gasteiger partial charge in [0.25, 0.3) is 0 Å². The number of hydrogen-bond acceptors (Lipinski definition) is 4. The molecule has 4 heteroatoms. The lowest BCUT2D eigenvalue weighted by Crippen LogP contribution is -2.37. The second-order valence-corrected chi connectivity index (χ2v) is 9.33. The van der Waals surface area contributed by atoms with Crippen LogP contribution >= 0.6 is 23.5 Å². The minimum Gasteiger partial charge on any atom is -0.294 e. The number of likely N-dealkylation sites (tertiary alicyclic amines) is 1. The molecule has 0 radical (unpaired) electrons. The summed E-state index contributed by atoms with van der Waals surface area (Å²) < 4.78 is -0.00351. The molecular weight excluding hydrogens is 334 g/mol. The van der Waals surface area contributed by atoms with Crippen LogP contribution in [0.3, 0.4) is 0 Å². The monoisotopic (exact) mass is 355 g/mol. The van der Waals surface area contributed by atoms with Crippen LogP contribution in [-0.4, -0.2) is 40.0 Å². The lowest BCUT2D eigenvalue weighted by atomic mass is 9.83. The summed E-state index contributed by atoms with van der Waals surface area (Å²) in [6, 6.07) is 20.4. The Balaban J connectivity index is 1.77. The summed E-state index contributed by atoms with van der Waals surface area (Å²) >= 11 is 4.03. The van der Waals surface area contributed by atoms with Gasteiger partial charge in [0.1, 0.15) is 4.20 Å². The Labute approximate surface area is 152 Å². The largest absolute Gasteiger partial charge is 0.294 e. The standard InChI is InChI=1S/C20H21NOS2/c1-21-14-17(19(22)16-10-6-3-7-11-16)18(15-8-4-2-5-9-15)20(21)23-12-13-24-20/h2-11,17-18H,12-14H2,1H3/t17-,18+/m1/s1. The number of nitrogens with zero attached hydrogens (tertiary/aromatic N) is 1. The molecule has 24 heavy (non-hydrogen) atoms. The second-order valence-electron chi connectivity index (χ2n) is 6.43. The molecule has 1 spiro atoms. The molecule has 0 amide bonds. The van der Waals surface area contributed by atoms with Crippen molar-refractivity contribution in [3.05, 3.63) is 71.8 Å². The van der Waals surface area contributed by atoms with Gasteiger partial charge in [-0.2, -0.15) is 0 Å². The lowest BCUT2D eigenvalue weighted by Gasteiger charge is -2.36. The third kappa shape index (κ3) is 2.61. The van der Waals surface area contributed by atoms with E-state index in [1.165, 1.54) is 5.56 Å². The number of rotatable bonds is 3. The van der Waals surface area contributed by atoms with Crippen molar-refractivity contribution in [3.63, 3.8) is 0 Å². The fraction of sp³-hybridized carbons (Fsp3) is 0.350. The predicted octanol–water partition coefficient (Wildman–Crippen LogP) is 4.35. The minimum atomic E-state index is -0.00351. The summed E-state index contributed by atoms with van der Waals surface area (Å²) in [5, 5.41) is 0. The van der Waals surface area contributed by atoms with Crippen molar-refractivity contribution < 1.29 is 4.79 Å². The number of hydrogen-bond donors (Lipinski definition) is 0. The molecule has 2 atom stereocenters. The molecule has 0 N–H and O–H groups in total. The Kier molecular flexibility index (Phi) is 4.46. The van der Waals surface area contributed by atoms with Crippen molar-refractivity contribution in [2.24, 2.45) is 5.92 Å². The molecule has 2 heterocycles. The highest BCUT2D eigenvalue weighted by atomic mass is 32.2. The topological polar surface area (TPSA) is 20.3 Å². The number of carbonyl (C=O) groups is 1. The van der Waals surface area contributed by atoms with Crippen molar-refractivity contribution in [1.29, 1.82) is 0 Å². The van der Waals surface area contributed by atoms with E-state index in [4.69, 9.17) is 0 Å². The van der Waals surface area contributed by atoms with E-state index in [-0.39, 0.29) is 21.8 Å². The number of benzene rings is 2. The predicted molar refractivity (Wildman–Crippen MR) is 104 cm³/mol. The molecule has 2 aliphatic heterocycles. The van der Waals surface area contributed by atoms with E-state index in [9.17, 15) is 4.79 Å². The van der Waals surface area contributed by atoms with Crippen LogP contribution in [0.1, 0.15) is 21.8 Å². The van der Waals surface area contributed by atoms with Gasteiger partial charge in [0.05, 0.1) is 0 Å². The quantitative estimate of drug-likeness (QED) is 0.763. The minimum absolute atomic E-state index is 0.00351. The molecule has 2 saturated heterocycles. The van der Waals surface area contributed by atoms with Gasteiger partial charge in [-0.15, -0.1) is 23.5 Å². The number of thioether (sulfide) groups is 2. The van der Waals surface area contributed by atoms with Crippen molar-refractivity contribution in [1.82, 2.24) is 4.90 Å². The normalized spacial score (nSPS) is 26.0. The summed E-state index contributed by atoms with van der Waals surface area (Å²) in [4.78, 5) is 15.7. The summed E-state index contributed by atoms with van der Waals surface area (Å²) in [7, 11) is 2.18. The van der Waals surface area contributed by atoms with Crippen LogP contribution < -0.4 is 0 Å². The van der Waals surface area contributed by atoms with E-state index < -0.39 is 0 Å². The highest BCUT2D eigenvalue weighted by molar-refractivity contribution is 8.21. The maximum Gasteiger partial charge on any atom is 0.167 e. The zero-order valence-electron chi connectivity index (χ0n) is 13.7. The van der Waals surface area contributed by atoms with Gasteiger partial charge in [-0.05, 0) is 12.6 Å². The van der Waals surface area contributed by atoms with E-state index in [1.54, 1.807) is 0 Å². The molecule has 2 aromatic rings. The molecule has 0 aliphatic carbocycles. The summed E-state index contributed by atoms with van der Waals surface area (Å²) in [6.07, 6.45) is 0. The first kappa shape index (κ1) is 16.2. The Morgan fingerprint density at radius 3 is 2.21 bits per heavy atom. The van der Waals surface area contributed by atoms with Crippen LogP contribution in [-0.2, 0) is 0 Å². The first-order chi connectivity index (χ1) is 11.7. The first-order valence-electron chi connectivity index (χ1n) is 8.36. The first-order valence-corrected chi connectivity index (χ1v) is 10.3. The van der Waals surface area contributed by atoms with Gasteiger partial charge in [-0.25, -0.2) is 0 Å². The van der Waals surface area contributed by atoms with Crippen LogP contribution in [0, 0.1) is 5.92 Å². The molecule has 2 fully saturated rings. The van der Waals surface area contributed by atoms with Crippen LogP contribution in [0.25, 0.3) is 0 Å². The zero-order valence-corrected chi connectivity index (χ0v) is 15.4. The van der Waals surface area contributed by atoms with Gasteiger partial charge in [0.2, 0.25) is 0 Å². The summed E-state index contributed by atoms with van der Waals surface area (Å²) in [5.74, 6) is 2.84. The van der Waals surface area contributed by atoms with E-state index in [0.29, 0.717) is 0 Å². The third-order valence-electron chi connectivity index (χ3n) is 5.05. The molecule has 0 unspecified atom stereocenters. The van der Waals surface area contributed by atoms with Crippen molar-refractivity contribution in [2.45, 2.75) is 10.1 Å². The van der Waals surface area contributed by atoms with E-state index in [2.05, 4.69) is 42.3 Å². The lowest BCUT2D eigenvalue weighted by molar-refractivity contribution is 0.0915. The number of carbonyl (C=O) groups excluding carboxylic acids is 1. The van der Waals surface area contributed by atoms with Gasteiger partial charge in [0.15, 0.2) is 5.78 Å². The van der Waals surface area contributed by atoms with Gasteiger partial charge in [0, 0.05) is 35.4 Å². The average Bonchev–Trinajstić information content (AvgIpc) is 3.23. The molecule has 2 aliphatic rings. The fourth-order valence-corrected chi connectivity index (χ4v) is 7.63. The highest BCUT2D eigenvalue weighted by Gasteiger charge is 2.57. The van der Waals surface area contributed by atoms with Gasteiger partial charge in [-0.1, -0.05) is 60.7 Å². The number of Topliss-reactive ketones (excluding diaryl/α,β-unsaturated/α-hetero) is 1. The third-order valence-corrected chi connectivity index (χ3v) is 8.79. The van der Waals surface area contributed by atoms with Crippen LogP contribution in [0.15, 0.2) is 60.7 Å². The maximum absolute atomic E-state index is 13.3. The van der Waals surface area contributed by atoms with Gasteiger partial charge in [-0.3, -0.25) is 9.69 Å².